The number of benzene rings is 6. The van der Waals surface area contributed by atoms with Gasteiger partial charge >= 0.3 is 0 Å². The highest BCUT2D eigenvalue weighted by Crippen LogP contribution is 2.41. The SMILES string of the molecule is Cc1cc2c(O)c(c1)Cc1cc(C(C)(C)C)cc(c1O)Cc1cc3cc(c1O)Cc1cc(cc(c1O)C2)Cc1cc(C)c(O)c(c1)Cc1cc(cc(C)c1O)C3. The van der Waals surface area contributed by atoms with Crippen LogP contribution in [0.15, 0.2) is 72.8 Å². The van der Waals surface area contributed by atoms with Gasteiger partial charge in [-0.05, 0) is 134 Å². The standard InChI is InChI=1S/C50H50O6/c1-26-7-33-19-37-15-31-11-29-9-27(2)44(51)35(13-29)21-36-14-30(10-28(3)45(36)52)12-32-17-39(22-38(16-31)47(37)54)48(55)40(18-32)23-42-25-43(50(4,5)6)24-41(49(42)56)20-34(8-26)46(33)53/h7-10,13-18,24-25,51-56H,11-12,19-23H2,1-6H3. The van der Waals surface area contributed by atoms with Gasteiger partial charge in [0.25, 0.3) is 0 Å². The first-order chi connectivity index (χ1) is 26.5. The van der Waals surface area contributed by atoms with Gasteiger partial charge in [-0.15, -0.1) is 0 Å². The molecule has 2 aliphatic rings. The van der Waals surface area contributed by atoms with E-state index in [1.54, 1.807) is 0 Å². The molecule has 6 heteroatoms. The summed E-state index contributed by atoms with van der Waals surface area (Å²) in [6, 6.07) is 23.9. The van der Waals surface area contributed by atoms with Crippen molar-refractivity contribution in [3.05, 3.63) is 173 Å². The van der Waals surface area contributed by atoms with E-state index < -0.39 is 0 Å². The van der Waals surface area contributed by atoms with Gasteiger partial charge in [0.1, 0.15) is 34.5 Å². The molecule has 0 atom stereocenters. The molecule has 14 bridgehead atoms. The van der Waals surface area contributed by atoms with Crippen molar-refractivity contribution >= 4 is 0 Å². The van der Waals surface area contributed by atoms with E-state index in [4.69, 9.17) is 0 Å². The van der Waals surface area contributed by atoms with E-state index in [-0.39, 0.29) is 59.2 Å². The molecule has 6 N–H and O–H groups in total. The van der Waals surface area contributed by atoms with Crippen LogP contribution in [0.1, 0.15) is 121 Å². The Morgan fingerprint density at radius 2 is 0.571 bits per heavy atom. The van der Waals surface area contributed by atoms with Crippen molar-refractivity contribution in [3.8, 4) is 34.5 Å². The van der Waals surface area contributed by atoms with Crippen molar-refractivity contribution in [3.63, 3.8) is 0 Å². The van der Waals surface area contributed by atoms with E-state index in [2.05, 4.69) is 20.8 Å². The largest absolute Gasteiger partial charge is 0.507 e. The highest BCUT2D eigenvalue weighted by Gasteiger charge is 2.24. The van der Waals surface area contributed by atoms with Gasteiger partial charge in [-0.3, -0.25) is 0 Å². The normalized spacial score (nSPS) is 13.8. The van der Waals surface area contributed by atoms with Crippen LogP contribution in [0.2, 0.25) is 0 Å². The van der Waals surface area contributed by atoms with Crippen molar-refractivity contribution in [1.82, 2.24) is 0 Å². The third-order valence-corrected chi connectivity index (χ3v) is 11.8. The molecule has 6 aromatic rings. The number of aromatic hydroxyl groups is 6. The Morgan fingerprint density at radius 3 is 0.875 bits per heavy atom. The lowest BCUT2D eigenvalue weighted by Gasteiger charge is -2.24. The number of phenols is 6. The van der Waals surface area contributed by atoms with E-state index in [1.807, 2.05) is 93.6 Å². The van der Waals surface area contributed by atoms with Gasteiger partial charge in [0.2, 0.25) is 0 Å². The second-order valence-corrected chi connectivity index (χ2v) is 17.4. The topological polar surface area (TPSA) is 121 Å². The number of rotatable bonds is 0. The lowest BCUT2D eigenvalue weighted by molar-refractivity contribution is 0.449. The zero-order chi connectivity index (χ0) is 39.8. The highest BCUT2D eigenvalue weighted by atomic mass is 16.3. The molecule has 6 nitrogen and oxygen atoms in total. The van der Waals surface area contributed by atoms with Gasteiger partial charge in [-0.25, -0.2) is 0 Å². The molecule has 0 radical (unpaired) electrons. The van der Waals surface area contributed by atoms with Gasteiger partial charge in [0.15, 0.2) is 0 Å². The Labute approximate surface area is 329 Å². The van der Waals surface area contributed by atoms with Crippen molar-refractivity contribution in [2.24, 2.45) is 0 Å². The lowest BCUT2D eigenvalue weighted by Crippen LogP contribution is -2.13. The molecule has 0 aliphatic heterocycles. The van der Waals surface area contributed by atoms with Crippen LogP contribution >= 0.6 is 0 Å². The molecule has 0 saturated carbocycles. The van der Waals surface area contributed by atoms with Crippen molar-refractivity contribution in [2.75, 3.05) is 0 Å². The summed E-state index contributed by atoms with van der Waals surface area (Å²) in [6.45, 7) is 12.2. The maximum atomic E-state index is 12.1. The Bertz CT molecular complexity index is 2590. The molecule has 0 spiro atoms. The Hall–Kier alpha value is -5.88. The number of phenolic OH excluding ortho intramolecular Hbond substituents is 6. The fraction of sp³-hybridized carbons (Fsp3) is 0.280. The Kier molecular flexibility index (Phi) is 9.07. The molecular weight excluding hydrogens is 697 g/mol. The van der Waals surface area contributed by atoms with Crippen LogP contribution in [0.5, 0.6) is 34.5 Å². The van der Waals surface area contributed by atoms with Crippen molar-refractivity contribution in [1.29, 1.82) is 0 Å². The van der Waals surface area contributed by atoms with Crippen LogP contribution in [0.3, 0.4) is 0 Å². The zero-order valence-electron chi connectivity index (χ0n) is 33.1. The van der Waals surface area contributed by atoms with Crippen molar-refractivity contribution < 1.29 is 30.6 Å². The molecule has 2 aliphatic carbocycles. The van der Waals surface area contributed by atoms with Crippen LogP contribution in [-0.4, -0.2) is 30.6 Å². The van der Waals surface area contributed by atoms with Crippen LogP contribution in [-0.2, 0) is 50.4 Å². The quantitative estimate of drug-likeness (QED) is 0.0919. The summed E-state index contributed by atoms with van der Waals surface area (Å²) < 4.78 is 0. The second kappa shape index (κ2) is 13.7. The van der Waals surface area contributed by atoms with E-state index >= 15 is 0 Å². The van der Waals surface area contributed by atoms with Gasteiger partial charge in [-0.2, -0.15) is 0 Å². The molecule has 0 saturated heterocycles. The molecule has 0 unspecified atom stereocenters. The number of hydrogen-bond acceptors (Lipinski definition) is 6. The minimum Gasteiger partial charge on any atom is -0.507 e. The molecule has 0 heterocycles. The average Bonchev–Trinajstić information content (AvgIpc) is 3.11. The van der Waals surface area contributed by atoms with Crippen LogP contribution < -0.4 is 0 Å². The van der Waals surface area contributed by atoms with Gasteiger partial charge in [0.05, 0.1) is 0 Å². The zero-order valence-corrected chi connectivity index (χ0v) is 33.1. The molecule has 0 amide bonds. The van der Waals surface area contributed by atoms with Crippen LogP contribution in [0.4, 0.5) is 0 Å². The third kappa shape index (κ3) is 6.94. The van der Waals surface area contributed by atoms with Crippen LogP contribution in [0.25, 0.3) is 0 Å². The van der Waals surface area contributed by atoms with E-state index in [9.17, 15) is 30.6 Å². The monoisotopic (exact) mass is 746 g/mol. The first-order valence-corrected chi connectivity index (χ1v) is 19.5. The van der Waals surface area contributed by atoms with Gasteiger partial charge in [0, 0.05) is 32.1 Å². The first kappa shape index (κ1) is 37.1. The number of hydrogen-bond donors (Lipinski definition) is 6. The summed E-state index contributed by atoms with van der Waals surface area (Å²) >= 11 is 0. The smallest absolute Gasteiger partial charge is 0.122 e. The minimum absolute atomic E-state index is 0.120. The highest BCUT2D eigenvalue weighted by molar-refractivity contribution is 5.59. The average molecular weight is 747 g/mol. The molecule has 8 rings (SSSR count). The lowest BCUT2D eigenvalue weighted by atomic mass is 9.82. The molecule has 0 aromatic heterocycles. The summed E-state index contributed by atoms with van der Waals surface area (Å²) in [5.74, 6) is 0.919. The van der Waals surface area contributed by atoms with E-state index in [1.165, 1.54) is 0 Å². The molecule has 286 valence electrons. The number of fused-ring (bicyclic) bond motifs is 12. The fourth-order valence-corrected chi connectivity index (χ4v) is 8.91. The maximum Gasteiger partial charge on any atom is 0.122 e. The summed E-state index contributed by atoms with van der Waals surface area (Å²) in [7, 11) is 0. The maximum absolute atomic E-state index is 12.1. The van der Waals surface area contributed by atoms with E-state index in [0.717, 1.165) is 55.6 Å². The van der Waals surface area contributed by atoms with Crippen LogP contribution in [0, 0.1) is 20.8 Å². The summed E-state index contributed by atoms with van der Waals surface area (Å²) in [4.78, 5) is 0. The number of aryl methyl sites for hydroxylation is 3. The Balaban J connectivity index is 1.42. The fourth-order valence-electron chi connectivity index (χ4n) is 8.91. The third-order valence-electron chi connectivity index (χ3n) is 11.8. The first-order valence-electron chi connectivity index (χ1n) is 19.5. The summed E-state index contributed by atoms with van der Waals surface area (Å²) in [6.07, 6.45) is 2.39. The molecule has 56 heavy (non-hydrogen) atoms. The second-order valence-electron chi connectivity index (χ2n) is 17.4. The van der Waals surface area contributed by atoms with Gasteiger partial charge in [-0.1, -0.05) is 99.1 Å². The summed E-state index contributed by atoms with van der Waals surface area (Å²) in [5, 5.41) is 70.5. The van der Waals surface area contributed by atoms with E-state index in [0.29, 0.717) is 70.2 Å². The minimum atomic E-state index is -0.238. The van der Waals surface area contributed by atoms with Crippen molar-refractivity contribution in [2.45, 2.75) is 91.9 Å². The molecule has 6 aromatic carbocycles. The Morgan fingerprint density at radius 1 is 0.321 bits per heavy atom. The van der Waals surface area contributed by atoms with Gasteiger partial charge < -0.3 is 30.6 Å². The summed E-state index contributed by atoms with van der Waals surface area (Å²) in [5.41, 5.74) is 13.8. The molecule has 0 fully saturated rings. The predicted molar refractivity (Wildman–Crippen MR) is 221 cm³/mol. The molecular formula is C50H50O6. The predicted octanol–water partition coefficient (Wildman–Crippen LogP) is 9.91.